The first-order valence-electron chi connectivity index (χ1n) is 5.89. The molecule has 2 aromatic rings. The standard InChI is InChI=1S/C13H12F3N3/c1-19-7-11(12(18-19)13(14,15)16)8-2-3-9-5-17-6-10(9)4-8/h2-4,7,17H,5-6H2,1H3. The Kier molecular flexibility index (Phi) is 2.63. The molecule has 6 heteroatoms. The third-order valence-corrected chi connectivity index (χ3v) is 3.25. The molecular weight excluding hydrogens is 255 g/mol. The first kappa shape index (κ1) is 12.2. The molecule has 0 atom stereocenters. The Morgan fingerprint density at radius 1 is 1.21 bits per heavy atom. The summed E-state index contributed by atoms with van der Waals surface area (Å²) in [5.74, 6) is 0. The molecule has 2 heterocycles. The molecule has 0 spiro atoms. The van der Waals surface area contributed by atoms with Crippen LogP contribution in [-0.4, -0.2) is 9.78 Å². The van der Waals surface area contributed by atoms with E-state index in [0.717, 1.165) is 17.7 Å². The van der Waals surface area contributed by atoms with Crippen molar-refractivity contribution in [1.82, 2.24) is 15.1 Å². The molecule has 3 rings (SSSR count). The van der Waals surface area contributed by atoms with Crippen molar-refractivity contribution in [3.63, 3.8) is 0 Å². The molecule has 0 aliphatic carbocycles. The Bertz CT molecular complexity index is 629. The van der Waals surface area contributed by atoms with Crippen molar-refractivity contribution >= 4 is 0 Å². The third-order valence-electron chi connectivity index (χ3n) is 3.25. The first-order chi connectivity index (χ1) is 8.95. The van der Waals surface area contributed by atoms with Gasteiger partial charge in [0.05, 0.1) is 0 Å². The van der Waals surface area contributed by atoms with Gasteiger partial charge in [0, 0.05) is 31.9 Å². The lowest BCUT2D eigenvalue weighted by Gasteiger charge is -2.07. The van der Waals surface area contributed by atoms with Gasteiger partial charge >= 0.3 is 6.18 Å². The van der Waals surface area contributed by atoms with Crippen molar-refractivity contribution in [1.29, 1.82) is 0 Å². The average molecular weight is 267 g/mol. The maximum atomic E-state index is 12.9. The van der Waals surface area contributed by atoms with Crippen LogP contribution < -0.4 is 5.32 Å². The highest BCUT2D eigenvalue weighted by Gasteiger charge is 2.37. The van der Waals surface area contributed by atoms with Crippen molar-refractivity contribution in [2.75, 3.05) is 0 Å². The molecule has 1 aromatic heterocycles. The van der Waals surface area contributed by atoms with Gasteiger partial charge in [-0.1, -0.05) is 12.1 Å². The summed E-state index contributed by atoms with van der Waals surface area (Å²) >= 11 is 0. The summed E-state index contributed by atoms with van der Waals surface area (Å²) in [5.41, 5.74) is 2.05. The second-order valence-electron chi connectivity index (χ2n) is 4.65. The minimum atomic E-state index is -4.44. The number of rotatable bonds is 1. The molecule has 0 unspecified atom stereocenters. The second kappa shape index (κ2) is 4.09. The number of alkyl halides is 3. The largest absolute Gasteiger partial charge is 0.435 e. The molecule has 0 saturated heterocycles. The summed E-state index contributed by atoms with van der Waals surface area (Å²) in [6.07, 6.45) is -3.03. The fourth-order valence-corrected chi connectivity index (χ4v) is 2.37. The zero-order chi connectivity index (χ0) is 13.6. The molecule has 1 N–H and O–H groups in total. The van der Waals surface area contributed by atoms with E-state index in [4.69, 9.17) is 0 Å². The number of hydrogen-bond acceptors (Lipinski definition) is 2. The Balaban J connectivity index is 2.12. The van der Waals surface area contributed by atoms with Crippen LogP contribution >= 0.6 is 0 Å². The zero-order valence-corrected chi connectivity index (χ0v) is 10.3. The van der Waals surface area contributed by atoms with Crippen LogP contribution in [0.4, 0.5) is 13.2 Å². The van der Waals surface area contributed by atoms with Crippen LogP contribution in [0, 0.1) is 0 Å². The third kappa shape index (κ3) is 2.12. The highest BCUT2D eigenvalue weighted by atomic mass is 19.4. The number of aryl methyl sites for hydroxylation is 1. The highest BCUT2D eigenvalue weighted by Crippen LogP contribution is 2.36. The molecule has 0 amide bonds. The molecule has 0 bridgehead atoms. The van der Waals surface area contributed by atoms with Crippen LogP contribution in [0.3, 0.4) is 0 Å². The molecule has 0 radical (unpaired) electrons. The first-order valence-corrected chi connectivity index (χ1v) is 5.89. The molecule has 0 fully saturated rings. The lowest BCUT2D eigenvalue weighted by atomic mass is 10.0. The molecule has 19 heavy (non-hydrogen) atoms. The maximum absolute atomic E-state index is 12.9. The van der Waals surface area contributed by atoms with Crippen molar-refractivity contribution < 1.29 is 13.2 Å². The average Bonchev–Trinajstić information content (AvgIpc) is 2.92. The van der Waals surface area contributed by atoms with E-state index in [0.29, 0.717) is 12.1 Å². The number of nitrogens with zero attached hydrogens (tertiary/aromatic N) is 2. The Hall–Kier alpha value is -1.82. The molecule has 0 saturated carbocycles. The fourth-order valence-electron chi connectivity index (χ4n) is 2.37. The summed E-state index contributed by atoms with van der Waals surface area (Å²) in [6, 6.07) is 5.40. The quantitative estimate of drug-likeness (QED) is 0.861. The van der Waals surface area contributed by atoms with Crippen LogP contribution in [0.1, 0.15) is 16.8 Å². The summed E-state index contributed by atoms with van der Waals surface area (Å²) in [5, 5.41) is 6.70. The number of halogens is 3. The van der Waals surface area contributed by atoms with Crippen LogP contribution in [-0.2, 0) is 26.3 Å². The van der Waals surface area contributed by atoms with Gasteiger partial charge in [-0.15, -0.1) is 0 Å². The maximum Gasteiger partial charge on any atom is 0.435 e. The minimum absolute atomic E-state index is 0.129. The van der Waals surface area contributed by atoms with Gasteiger partial charge in [-0.25, -0.2) is 0 Å². The van der Waals surface area contributed by atoms with Gasteiger partial charge in [0.1, 0.15) is 0 Å². The van der Waals surface area contributed by atoms with Crippen molar-refractivity contribution in [2.45, 2.75) is 19.3 Å². The molecule has 1 aromatic carbocycles. The van der Waals surface area contributed by atoms with Crippen molar-refractivity contribution in [3.8, 4) is 11.1 Å². The Morgan fingerprint density at radius 2 is 1.95 bits per heavy atom. The van der Waals surface area contributed by atoms with Gasteiger partial charge in [-0.2, -0.15) is 18.3 Å². The molecular formula is C13H12F3N3. The van der Waals surface area contributed by atoms with Gasteiger partial charge in [-0.3, -0.25) is 4.68 Å². The predicted octanol–water partition coefficient (Wildman–Crippen LogP) is 2.71. The molecule has 1 aliphatic heterocycles. The Morgan fingerprint density at radius 3 is 2.68 bits per heavy atom. The lowest BCUT2D eigenvalue weighted by Crippen LogP contribution is -2.08. The molecule has 100 valence electrons. The molecule has 3 nitrogen and oxygen atoms in total. The summed E-state index contributed by atoms with van der Waals surface area (Å²) < 4.78 is 40.0. The Labute approximate surface area is 108 Å². The van der Waals surface area contributed by atoms with Gasteiger partial charge in [-0.05, 0) is 22.8 Å². The van der Waals surface area contributed by atoms with Crippen LogP contribution in [0.2, 0.25) is 0 Å². The normalized spacial score (nSPS) is 14.7. The van der Waals surface area contributed by atoms with Gasteiger partial charge in [0.15, 0.2) is 5.69 Å². The van der Waals surface area contributed by atoms with Crippen LogP contribution in [0.15, 0.2) is 24.4 Å². The smallest absolute Gasteiger partial charge is 0.309 e. The summed E-state index contributed by atoms with van der Waals surface area (Å²) in [7, 11) is 1.49. The number of hydrogen-bond donors (Lipinski definition) is 1. The zero-order valence-electron chi connectivity index (χ0n) is 10.3. The predicted molar refractivity (Wildman–Crippen MR) is 64.2 cm³/mol. The number of benzene rings is 1. The number of aromatic nitrogens is 2. The summed E-state index contributed by atoms with van der Waals surface area (Å²) in [6.45, 7) is 1.47. The topological polar surface area (TPSA) is 29.9 Å². The minimum Gasteiger partial charge on any atom is -0.309 e. The molecule has 1 aliphatic rings. The summed E-state index contributed by atoms with van der Waals surface area (Å²) in [4.78, 5) is 0. The SMILES string of the molecule is Cn1cc(-c2ccc3c(c2)CNC3)c(C(F)(F)F)n1. The van der Waals surface area contributed by atoms with E-state index in [-0.39, 0.29) is 5.56 Å². The van der Waals surface area contributed by atoms with E-state index in [9.17, 15) is 13.2 Å². The fraction of sp³-hybridized carbons (Fsp3) is 0.308. The second-order valence-corrected chi connectivity index (χ2v) is 4.65. The van der Waals surface area contributed by atoms with E-state index in [1.807, 2.05) is 12.1 Å². The van der Waals surface area contributed by atoms with Crippen LogP contribution in [0.25, 0.3) is 11.1 Å². The van der Waals surface area contributed by atoms with E-state index < -0.39 is 11.9 Å². The lowest BCUT2D eigenvalue weighted by molar-refractivity contribution is -0.140. The van der Waals surface area contributed by atoms with Gasteiger partial charge in [0.25, 0.3) is 0 Å². The highest BCUT2D eigenvalue weighted by molar-refractivity contribution is 5.67. The van der Waals surface area contributed by atoms with Crippen molar-refractivity contribution in [2.24, 2.45) is 7.05 Å². The van der Waals surface area contributed by atoms with E-state index in [1.54, 1.807) is 6.07 Å². The van der Waals surface area contributed by atoms with E-state index in [1.165, 1.54) is 17.9 Å². The number of fused-ring (bicyclic) bond motifs is 1. The van der Waals surface area contributed by atoms with Crippen LogP contribution in [0.5, 0.6) is 0 Å². The van der Waals surface area contributed by atoms with E-state index in [2.05, 4.69) is 10.4 Å². The monoisotopic (exact) mass is 267 g/mol. The van der Waals surface area contributed by atoms with E-state index >= 15 is 0 Å². The number of nitrogens with one attached hydrogen (secondary N) is 1. The van der Waals surface area contributed by atoms with Gasteiger partial charge < -0.3 is 5.32 Å². The van der Waals surface area contributed by atoms with Crippen molar-refractivity contribution in [3.05, 3.63) is 41.2 Å². The van der Waals surface area contributed by atoms with Gasteiger partial charge in [0.2, 0.25) is 0 Å².